The molecular formula is C14H9N3O2S. The molecule has 0 atom stereocenters. The number of amides is 2. The molecule has 1 aromatic carbocycles. The normalized spacial score (nSPS) is 13.4. The number of rotatable bonds is 2. The van der Waals surface area contributed by atoms with Crippen LogP contribution in [0.2, 0.25) is 0 Å². The van der Waals surface area contributed by atoms with Crippen molar-refractivity contribution >= 4 is 28.8 Å². The number of nitrogens with zero attached hydrogens (tertiary/aromatic N) is 2. The van der Waals surface area contributed by atoms with E-state index in [2.05, 4.69) is 0 Å². The van der Waals surface area contributed by atoms with Crippen molar-refractivity contribution in [1.82, 2.24) is 4.90 Å². The number of nitrogens with two attached hydrogens (primary N) is 1. The average molecular weight is 283 g/mol. The van der Waals surface area contributed by atoms with Crippen molar-refractivity contribution < 1.29 is 9.59 Å². The van der Waals surface area contributed by atoms with Crippen molar-refractivity contribution in [1.29, 1.82) is 5.26 Å². The molecule has 0 saturated heterocycles. The first-order chi connectivity index (χ1) is 9.61. The van der Waals surface area contributed by atoms with E-state index in [0.29, 0.717) is 16.8 Å². The quantitative estimate of drug-likeness (QED) is 0.674. The Morgan fingerprint density at radius 1 is 1.30 bits per heavy atom. The fourth-order valence-corrected chi connectivity index (χ4v) is 2.98. The molecule has 0 aliphatic carbocycles. The molecule has 1 aliphatic rings. The van der Waals surface area contributed by atoms with Crippen molar-refractivity contribution in [2.45, 2.75) is 6.54 Å². The predicted molar refractivity (Wildman–Crippen MR) is 74.1 cm³/mol. The molecule has 0 fully saturated rings. The summed E-state index contributed by atoms with van der Waals surface area (Å²) < 4.78 is 0. The first-order valence-corrected chi connectivity index (χ1v) is 6.72. The maximum atomic E-state index is 12.3. The van der Waals surface area contributed by atoms with E-state index in [9.17, 15) is 9.59 Å². The number of fused-ring (bicyclic) bond motifs is 1. The van der Waals surface area contributed by atoms with Gasteiger partial charge in [0.15, 0.2) is 0 Å². The highest BCUT2D eigenvalue weighted by molar-refractivity contribution is 7.10. The monoisotopic (exact) mass is 283 g/mol. The van der Waals surface area contributed by atoms with Crippen LogP contribution in [0.3, 0.4) is 0 Å². The maximum Gasteiger partial charge on any atom is 0.263 e. The molecule has 2 aromatic rings. The molecule has 0 saturated carbocycles. The van der Waals surface area contributed by atoms with E-state index in [4.69, 9.17) is 11.0 Å². The van der Waals surface area contributed by atoms with Crippen molar-refractivity contribution in [3.05, 3.63) is 51.2 Å². The molecule has 3 rings (SSSR count). The van der Waals surface area contributed by atoms with Crippen LogP contribution >= 0.6 is 11.3 Å². The van der Waals surface area contributed by atoms with Crippen molar-refractivity contribution in [2.24, 2.45) is 0 Å². The molecule has 0 unspecified atom stereocenters. The lowest BCUT2D eigenvalue weighted by atomic mass is 10.1. The van der Waals surface area contributed by atoms with E-state index in [1.54, 1.807) is 29.6 Å². The summed E-state index contributed by atoms with van der Waals surface area (Å²) in [6.07, 6.45) is 0. The van der Waals surface area contributed by atoms with Crippen LogP contribution in [0.4, 0.5) is 5.69 Å². The number of anilines is 1. The summed E-state index contributed by atoms with van der Waals surface area (Å²) in [4.78, 5) is 26.5. The van der Waals surface area contributed by atoms with Gasteiger partial charge in [0.25, 0.3) is 11.8 Å². The largest absolute Gasteiger partial charge is 0.398 e. The average Bonchev–Trinajstić information content (AvgIpc) is 2.99. The SMILES string of the molecule is N#Cc1csc(CN2C(=O)c3cccc(N)c3C2=O)c1. The minimum absolute atomic E-state index is 0.165. The van der Waals surface area contributed by atoms with Gasteiger partial charge < -0.3 is 5.73 Å². The van der Waals surface area contributed by atoms with E-state index < -0.39 is 0 Å². The van der Waals surface area contributed by atoms with Crippen LogP contribution in [0.15, 0.2) is 29.6 Å². The minimum atomic E-state index is -0.380. The van der Waals surface area contributed by atoms with Crippen LogP contribution in [0.25, 0.3) is 0 Å². The summed E-state index contributed by atoms with van der Waals surface area (Å²) in [5.74, 6) is -0.723. The van der Waals surface area contributed by atoms with Crippen molar-refractivity contribution in [3.8, 4) is 6.07 Å². The standard InChI is InChI=1S/C14H9N3O2S/c15-5-8-4-9(20-7-8)6-17-13(18)10-2-1-3-11(16)12(10)14(17)19/h1-4,7H,6,16H2. The van der Waals surface area contributed by atoms with Gasteiger partial charge >= 0.3 is 0 Å². The molecule has 6 heteroatoms. The molecule has 1 aliphatic heterocycles. The van der Waals surface area contributed by atoms with E-state index in [0.717, 1.165) is 9.78 Å². The Kier molecular flexibility index (Phi) is 2.77. The van der Waals surface area contributed by atoms with Crippen LogP contribution in [0, 0.1) is 11.3 Å². The Morgan fingerprint density at radius 2 is 2.10 bits per heavy atom. The van der Waals surface area contributed by atoms with Crippen LogP contribution in [-0.2, 0) is 6.54 Å². The number of imide groups is 1. The second-order valence-corrected chi connectivity index (χ2v) is 5.38. The second-order valence-electron chi connectivity index (χ2n) is 4.38. The maximum absolute atomic E-state index is 12.3. The predicted octanol–water partition coefficient (Wildman–Crippen LogP) is 2.00. The molecule has 2 amide bonds. The zero-order valence-electron chi connectivity index (χ0n) is 10.3. The first-order valence-electron chi connectivity index (χ1n) is 5.84. The molecule has 0 bridgehead atoms. The molecule has 2 N–H and O–H groups in total. The van der Waals surface area contributed by atoms with Gasteiger partial charge in [-0.2, -0.15) is 5.26 Å². The van der Waals surface area contributed by atoms with E-state index in [-0.39, 0.29) is 23.9 Å². The van der Waals surface area contributed by atoms with Crippen molar-refractivity contribution in [3.63, 3.8) is 0 Å². The Morgan fingerprint density at radius 3 is 2.75 bits per heavy atom. The van der Waals surface area contributed by atoms with Gasteiger partial charge in [-0.25, -0.2) is 0 Å². The molecule has 0 radical (unpaired) electrons. The number of nitriles is 1. The van der Waals surface area contributed by atoms with E-state index >= 15 is 0 Å². The number of hydrogen-bond donors (Lipinski definition) is 1. The fraction of sp³-hybridized carbons (Fsp3) is 0.0714. The lowest BCUT2D eigenvalue weighted by Crippen LogP contribution is -2.28. The number of nitrogen functional groups attached to an aromatic ring is 1. The summed E-state index contributed by atoms with van der Waals surface area (Å²) in [5, 5.41) is 10.5. The summed E-state index contributed by atoms with van der Waals surface area (Å²) in [5.41, 5.74) is 7.22. The van der Waals surface area contributed by atoms with Gasteiger partial charge in [0, 0.05) is 15.9 Å². The fourth-order valence-electron chi connectivity index (χ4n) is 2.18. The molecule has 20 heavy (non-hydrogen) atoms. The Balaban J connectivity index is 1.94. The van der Waals surface area contributed by atoms with Gasteiger partial charge in [-0.05, 0) is 18.2 Å². The summed E-state index contributed by atoms with van der Waals surface area (Å²) in [6.45, 7) is 0.165. The highest BCUT2D eigenvalue weighted by Crippen LogP contribution is 2.29. The zero-order valence-corrected chi connectivity index (χ0v) is 11.1. The van der Waals surface area contributed by atoms with Gasteiger partial charge in [-0.1, -0.05) is 6.07 Å². The number of thiophene rings is 1. The van der Waals surface area contributed by atoms with Gasteiger partial charge in [-0.3, -0.25) is 14.5 Å². The molecule has 5 nitrogen and oxygen atoms in total. The van der Waals surface area contributed by atoms with Crippen LogP contribution in [0.1, 0.15) is 31.2 Å². The zero-order chi connectivity index (χ0) is 14.3. The highest BCUT2D eigenvalue weighted by Gasteiger charge is 2.37. The lowest BCUT2D eigenvalue weighted by Gasteiger charge is -2.12. The van der Waals surface area contributed by atoms with E-state index in [1.807, 2.05) is 6.07 Å². The molecule has 1 aromatic heterocycles. The Hall–Kier alpha value is -2.65. The van der Waals surface area contributed by atoms with Crippen molar-refractivity contribution in [2.75, 3.05) is 5.73 Å². The lowest BCUT2D eigenvalue weighted by molar-refractivity contribution is 0.0644. The number of hydrogen-bond acceptors (Lipinski definition) is 5. The molecule has 98 valence electrons. The topological polar surface area (TPSA) is 87.2 Å². The summed E-state index contributed by atoms with van der Waals surface area (Å²) in [7, 11) is 0. The number of carbonyl (C=O) groups excluding carboxylic acids is 2. The van der Waals surface area contributed by atoms with Crippen LogP contribution in [-0.4, -0.2) is 16.7 Å². The van der Waals surface area contributed by atoms with Gasteiger partial charge in [0.1, 0.15) is 6.07 Å². The first kappa shape index (κ1) is 12.4. The molecule has 2 heterocycles. The van der Waals surface area contributed by atoms with Gasteiger partial charge in [0.2, 0.25) is 0 Å². The highest BCUT2D eigenvalue weighted by atomic mass is 32.1. The van der Waals surface area contributed by atoms with Crippen LogP contribution < -0.4 is 5.73 Å². The summed E-state index contributed by atoms with van der Waals surface area (Å²) >= 11 is 1.35. The third-order valence-corrected chi connectivity index (χ3v) is 4.05. The third kappa shape index (κ3) is 1.76. The van der Waals surface area contributed by atoms with Gasteiger partial charge in [-0.15, -0.1) is 11.3 Å². The Labute approximate surface area is 118 Å². The Bertz CT molecular complexity index is 773. The molecular weight excluding hydrogens is 274 g/mol. The second kappa shape index (κ2) is 4.47. The van der Waals surface area contributed by atoms with Gasteiger partial charge in [0.05, 0.1) is 23.2 Å². The molecule has 0 spiro atoms. The third-order valence-electron chi connectivity index (χ3n) is 3.13. The minimum Gasteiger partial charge on any atom is -0.398 e. The van der Waals surface area contributed by atoms with E-state index in [1.165, 1.54) is 11.3 Å². The smallest absolute Gasteiger partial charge is 0.263 e. The van der Waals surface area contributed by atoms with Crippen LogP contribution in [0.5, 0.6) is 0 Å². The summed E-state index contributed by atoms with van der Waals surface area (Å²) in [6, 6.07) is 8.56. The number of benzene rings is 1. The number of carbonyl (C=O) groups is 2.